The molecule has 1 aromatic carbocycles. The highest BCUT2D eigenvalue weighted by molar-refractivity contribution is 5.44. The lowest BCUT2D eigenvalue weighted by molar-refractivity contribution is 0.491. The predicted molar refractivity (Wildman–Crippen MR) is 59.5 cm³/mol. The molecule has 16 heavy (non-hydrogen) atoms. The van der Waals surface area contributed by atoms with Crippen LogP contribution in [0.3, 0.4) is 0 Å². The second-order valence-corrected chi connectivity index (χ2v) is 3.75. The zero-order valence-corrected chi connectivity index (χ0v) is 9.44. The van der Waals surface area contributed by atoms with Gasteiger partial charge in [-0.3, -0.25) is 0 Å². The van der Waals surface area contributed by atoms with E-state index in [4.69, 9.17) is 0 Å². The number of hydrogen-bond donors (Lipinski definition) is 0. The summed E-state index contributed by atoms with van der Waals surface area (Å²) in [5, 5.41) is 0. The van der Waals surface area contributed by atoms with Gasteiger partial charge in [0, 0.05) is 5.56 Å². The quantitative estimate of drug-likeness (QED) is 0.574. The lowest BCUT2D eigenvalue weighted by Crippen LogP contribution is -2.17. The van der Waals surface area contributed by atoms with Crippen molar-refractivity contribution >= 4 is 12.2 Å². The van der Waals surface area contributed by atoms with Crippen LogP contribution >= 0.6 is 0 Å². The zero-order chi connectivity index (χ0) is 12.2. The van der Waals surface area contributed by atoms with Crippen molar-refractivity contribution in [3.63, 3.8) is 0 Å². The van der Waals surface area contributed by atoms with Crippen molar-refractivity contribution < 1.29 is 9.59 Å². The van der Waals surface area contributed by atoms with Gasteiger partial charge in [0.1, 0.15) is 0 Å². The summed E-state index contributed by atoms with van der Waals surface area (Å²) < 4.78 is 0. The molecule has 0 N–H and O–H groups in total. The first-order chi connectivity index (χ1) is 7.53. The lowest BCUT2D eigenvalue weighted by atomic mass is 9.96. The maximum atomic E-state index is 10.4. The Kier molecular flexibility index (Phi) is 3.51. The molecule has 0 spiro atoms. The maximum Gasteiger partial charge on any atom is 0.237 e. The molecule has 0 aliphatic rings. The Bertz CT molecular complexity index is 478. The third kappa shape index (κ3) is 2.31. The van der Waals surface area contributed by atoms with Gasteiger partial charge in [0.25, 0.3) is 0 Å². The molecular formula is C12H12N2O2. The van der Waals surface area contributed by atoms with Gasteiger partial charge in [0.2, 0.25) is 12.2 Å². The molecule has 0 bridgehead atoms. The van der Waals surface area contributed by atoms with Gasteiger partial charge in [-0.25, -0.2) is 9.59 Å². The van der Waals surface area contributed by atoms with Crippen molar-refractivity contribution in [3.05, 3.63) is 34.9 Å². The molecule has 0 saturated heterocycles. The molecule has 0 unspecified atom stereocenters. The van der Waals surface area contributed by atoms with E-state index < -0.39 is 5.66 Å². The van der Waals surface area contributed by atoms with Crippen molar-refractivity contribution in [2.24, 2.45) is 9.98 Å². The van der Waals surface area contributed by atoms with E-state index >= 15 is 0 Å². The number of isocyanates is 2. The monoisotopic (exact) mass is 216 g/mol. The number of carbonyl (C=O) groups excluding carboxylic acids is 2. The number of benzene rings is 1. The highest BCUT2D eigenvalue weighted by atomic mass is 16.1. The lowest BCUT2D eigenvalue weighted by Gasteiger charge is -2.19. The number of rotatable bonds is 3. The predicted octanol–water partition coefficient (Wildman–Crippen LogP) is 2.15. The van der Waals surface area contributed by atoms with Crippen molar-refractivity contribution in [1.82, 2.24) is 0 Å². The second-order valence-electron chi connectivity index (χ2n) is 3.75. The van der Waals surface area contributed by atoms with Crippen molar-refractivity contribution in [2.75, 3.05) is 0 Å². The first-order valence-corrected chi connectivity index (χ1v) is 4.79. The van der Waals surface area contributed by atoms with Gasteiger partial charge < -0.3 is 0 Å². The first-order valence-electron chi connectivity index (χ1n) is 4.79. The fourth-order valence-corrected chi connectivity index (χ4v) is 1.67. The third-order valence-electron chi connectivity index (χ3n) is 2.42. The van der Waals surface area contributed by atoms with Crippen LogP contribution in [-0.4, -0.2) is 12.2 Å². The van der Waals surface area contributed by atoms with Gasteiger partial charge >= 0.3 is 0 Å². The number of hydrogen-bond acceptors (Lipinski definition) is 4. The molecule has 0 saturated carbocycles. The normalized spacial score (nSPS) is 13.2. The molecule has 0 radical (unpaired) electrons. The summed E-state index contributed by atoms with van der Waals surface area (Å²) in [6.45, 7) is 5.40. The number of aliphatic imine (C=N–C) groups is 2. The standard InChI is InChI=1S/C12H12N2O2/c1-9-4-5-11(10(2)6-9)12(3,13-7-15)14-8-16/h4-6H,1-3H3. The summed E-state index contributed by atoms with van der Waals surface area (Å²) in [4.78, 5) is 27.9. The van der Waals surface area contributed by atoms with Crippen LogP contribution in [0.5, 0.6) is 0 Å². The second kappa shape index (κ2) is 4.67. The minimum atomic E-state index is -1.22. The Morgan fingerprint density at radius 2 is 1.69 bits per heavy atom. The van der Waals surface area contributed by atoms with E-state index in [9.17, 15) is 9.59 Å². The molecule has 0 aliphatic heterocycles. The average Bonchev–Trinajstić information content (AvgIpc) is 2.17. The number of nitrogens with zero attached hydrogens (tertiary/aromatic N) is 2. The molecular weight excluding hydrogens is 204 g/mol. The highest BCUT2D eigenvalue weighted by Crippen LogP contribution is 2.29. The molecule has 4 nitrogen and oxygen atoms in total. The largest absolute Gasteiger partial charge is 0.237 e. The van der Waals surface area contributed by atoms with Crippen LogP contribution in [0.1, 0.15) is 23.6 Å². The van der Waals surface area contributed by atoms with E-state index in [0.717, 1.165) is 11.1 Å². The summed E-state index contributed by atoms with van der Waals surface area (Å²) in [6, 6.07) is 5.61. The van der Waals surface area contributed by atoms with Crippen molar-refractivity contribution in [3.8, 4) is 0 Å². The molecule has 4 heteroatoms. The fraction of sp³-hybridized carbons (Fsp3) is 0.333. The molecule has 82 valence electrons. The molecule has 0 fully saturated rings. The molecule has 1 aromatic rings. The van der Waals surface area contributed by atoms with Crippen LogP contribution < -0.4 is 0 Å². The molecule has 0 amide bonds. The van der Waals surface area contributed by atoms with Gasteiger partial charge in [-0.15, -0.1) is 0 Å². The third-order valence-corrected chi connectivity index (χ3v) is 2.42. The van der Waals surface area contributed by atoms with Crippen LogP contribution in [0, 0.1) is 13.8 Å². The Morgan fingerprint density at radius 3 is 2.12 bits per heavy atom. The Balaban J connectivity index is 3.43. The Hall–Kier alpha value is -2.02. The highest BCUT2D eigenvalue weighted by Gasteiger charge is 2.26. The van der Waals surface area contributed by atoms with E-state index in [0.29, 0.717) is 5.56 Å². The maximum absolute atomic E-state index is 10.4. The van der Waals surface area contributed by atoms with Crippen molar-refractivity contribution in [1.29, 1.82) is 0 Å². The van der Waals surface area contributed by atoms with E-state index in [1.165, 1.54) is 12.2 Å². The Labute approximate surface area is 93.7 Å². The zero-order valence-electron chi connectivity index (χ0n) is 9.44. The van der Waals surface area contributed by atoms with E-state index in [1.54, 1.807) is 13.0 Å². The van der Waals surface area contributed by atoms with E-state index in [1.807, 2.05) is 26.0 Å². The average molecular weight is 216 g/mol. The molecule has 0 heterocycles. The topological polar surface area (TPSA) is 58.9 Å². The van der Waals surface area contributed by atoms with Crippen molar-refractivity contribution in [2.45, 2.75) is 26.4 Å². The first kappa shape index (κ1) is 12.1. The summed E-state index contributed by atoms with van der Waals surface area (Å²) in [5.74, 6) is 0. The fourth-order valence-electron chi connectivity index (χ4n) is 1.67. The Morgan fingerprint density at radius 1 is 1.12 bits per heavy atom. The number of aryl methyl sites for hydroxylation is 2. The van der Waals surface area contributed by atoms with Gasteiger partial charge in [0.05, 0.1) is 0 Å². The van der Waals surface area contributed by atoms with Crippen LogP contribution in [0.25, 0.3) is 0 Å². The molecule has 0 aromatic heterocycles. The van der Waals surface area contributed by atoms with Gasteiger partial charge in [-0.1, -0.05) is 23.8 Å². The molecule has 0 atom stereocenters. The van der Waals surface area contributed by atoms with Gasteiger partial charge in [-0.05, 0) is 26.3 Å². The van der Waals surface area contributed by atoms with Gasteiger partial charge in [0.15, 0.2) is 5.66 Å². The van der Waals surface area contributed by atoms with Crippen LogP contribution in [0.15, 0.2) is 28.2 Å². The van der Waals surface area contributed by atoms with Gasteiger partial charge in [-0.2, -0.15) is 9.98 Å². The van der Waals surface area contributed by atoms with Crippen LogP contribution in [0.4, 0.5) is 0 Å². The van der Waals surface area contributed by atoms with Crippen LogP contribution in [0.2, 0.25) is 0 Å². The van der Waals surface area contributed by atoms with E-state index in [-0.39, 0.29) is 0 Å². The summed E-state index contributed by atoms with van der Waals surface area (Å²) >= 11 is 0. The minimum Gasteiger partial charge on any atom is -0.211 e. The molecule has 0 aliphatic carbocycles. The van der Waals surface area contributed by atoms with Crippen LogP contribution in [-0.2, 0) is 15.3 Å². The summed E-state index contributed by atoms with van der Waals surface area (Å²) in [5.41, 5.74) is 1.49. The summed E-state index contributed by atoms with van der Waals surface area (Å²) in [6.07, 6.45) is 2.87. The summed E-state index contributed by atoms with van der Waals surface area (Å²) in [7, 11) is 0. The minimum absolute atomic E-state index is 0.699. The van der Waals surface area contributed by atoms with E-state index in [2.05, 4.69) is 9.98 Å². The molecule has 1 rings (SSSR count). The smallest absolute Gasteiger partial charge is 0.211 e. The SMILES string of the molecule is Cc1ccc(C(C)(N=C=O)N=C=O)c(C)c1.